The zero-order valence-electron chi connectivity index (χ0n) is 14.6. The number of thiazole rings is 1. The highest BCUT2D eigenvalue weighted by atomic mass is 35.5. The lowest BCUT2D eigenvalue weighted by atomic mass is 10.1. The highest BCUT2D eigenvalue weighted by molar-refractivity contribution is 7.90. The minimum atomic E-state index is -3.82. The number of nitrogens with one attached hydrogen (secondary N) is 3. The van der Waals surface area contributed by atoms with E-state index in [-0.39, 0.29) is 41.7 Å². The van der Waals surface area contributed by atoms with Gasteiger partial charge >= 0.3 is 16.0 Å². The molecule has 0 unspecified atom stereocenters. The molecule has 10 nitrogen and oxygen atoms in total. The summed E-state index contributed by atoms with van der Waals surface area (Å²) in [5.41, 5.74) is 9.46. The fourth-order valence-corrected chi connectivity index (χ4v) is 3.39. The minimum absolute atomic E-state index is 0. The molecule has 2 heterocycles. The van der Waals surface area contributed by atoms with E-state index in [9.17, 15) is 13.2 Å². The number of quaternary nitrogens is 1. The van der Waals surface area contributed by atoms with E-state index in [1.807, 2.05) is 0 Å². The Kier molecular flexibility index (Phi) is 11.6. The highest BCUT2D eigenvalue weighted by Crippen LogP contribution is 2.10. The molecule has 2 aromatic rings. The molecule has 1 amide bonds. The molecule has 156 valence electrons. The largest absolute Gasteiger partial charge is 1.00 e. The summed E-state index contributed by atoms with van der Waals surface area (Å²) < 4.78 is 26.3. The third-order valence-electron chi connectivity index (χ3n) is 3.24. The number of sulfonamides is 1. The number of pyridine rings is 1. The lowest BCUT2D eigenvalue weighted by Gasteiger charge is -2.06. The Morgan fingerprint density at radius 2 is 2.04 bits per heavy atom. The van der Waals surface area contributed by atoms with Crippen molar-refractivity contribution in [1.29, 1.82) is 0 Å². The Hall–Kier alpha value is -1.99. The van der Waals surface area contributed by atoms with Crippen LogP contribution < -0.4 is 51.3 Å². The molecule has 0 aliphatic heterocycles. The Morgan fingerprint density at radius 1 is 1.29 bits per heavy atom. The fraction of sp³-hybridized carbons (Fsp3) is 0.286. The molecule has 0 spiro atoms. The maximum atomic E-state index is 12.0. The Labute approximate surface area is 179 Å². The van der Waals surface area contributed by atoms with E-state index in [0.29, 0.717) is 24.5 Å². The third-order valence-corrected chi connectivity index (χ3v) is 5.20. The van der Waals surface area contributed by atoms with E-state index in [1.54, 1.807) is 23.7 Å². The van der Waals surface area contributed by atoms with Gasteiger partial charge in [0.1, 0.15) is 0 Å². The van der Waals surface area contributed by atoms with Crippen LogP contribution in [0.1, 0.15) is 12.8 Å². The topological polar surface area (TPSA) is 169 Å². The number of anilines is 1. The number of rotatable bonds is 8. The van der Waals surface area contributed by atoms with Gasteiger partial charge in [0.15, 0.2) is 16.2 Å². The standard InChI is InChI=1S/C14H19N7O3S2.2ClH/c15-10(12(22)20-14-19-8-9-25-14)4-3-7-18-13(16)21-26(23,24)11-5-1-2-6-17-11;;/h1-2,5-6,8-10H,3-4,7,15H2,(H3,16,18,21)(H,19,20,22);2*1H/t10-;;/m0../s1. The van der Waals surface area contributed by atoms with Crippen LogP contribution in [-0.2, 0) is 14.8 Å². The van der Waals surface area contributed by atoms with Crippen molar-refractivity contribution in [1.82, 2.24) is 14.7 Å². The Bertz CT molecular complexity index is 849. The van der Waals surface area contributed by atoms with Crippen LogP contribution in [0.3, 0.4) is 0 Å². The number of hydrogen-bond acceptors (Lipinski definition) is 6. The van der Waals surface area contributed by atoms with Gasteiger partial charge in [0, 0.05) is 24.2 Å². The number of nitrogens with zero attached hydrogens (tertiary/aromatic N) is 2. The van der Waals surface area contributed by atoms with E-state index in [0.717, 1.165) is 0 Å². The van der Waals surface area contributed by atoms with E-state index < -0.39 is 16.1 Å². The van der Waals surface area contributed by atoms with Crippen molar-refractivity contribution < 1.29 is 48.8 Å². The fourth-order valence-electron chi connectivity index (χ4n) is 1.93. The molecule has 0 bridgehead atoms. The molecule has 0 radical (unpaired) electrons. The normalized spacial score (nSPS) is 12.2. The van der Waals surface area contributed by atoms with Crippen LogP contribution in [0.5, 0.6) is 0 Å². The number of amides is 1. The molecule has 0 aromatic carbocycles. The van der Waals surface area contributed by atoms with Gasteiger partial charge in [0.05, 0.1) is 6.54 Å². The van der Waals surface area contributed by atoms with Gasteiger partial charge in [-0.1, -0.05) is 6.07 Å². The molecule has 0 aliphatic rings. The molecular formula is C14H21Cl2N7O3S2. The molecule has 0 aliphatic carbocycles. The monoisotopic (exact) mass is 469 g/mol. The van der Waals surface area contributed by atoms with Gasteiger partial charge in [-0.15, -0.1) is 11.3 Å². The molecule has 14 heteroatoms. The average Bonchev–Trinajstić information content (AvgIpc) is 3.12. The molecule has 0 fully saturated rings. The number of nitrogens with two attached hydrogens (primary N) is 1. The Balaban J connectivity index is 0.00000364. The van der Waals surface area contributed by atoms with Crippen LogP contribution in [0.15, 0.2) is 41.0 Å². The summed E-state index contributed by atoms with van der Waals surface area (Å²) in [4.78, 5) is 22.4. The van der Waals surface area contributed by atoms with Crippen LogP contribution >= 0.6 is 11.3 Å². The maximum absolute atomic E-state index is 12.0. The summed E-state index contributed by atoms with van der Waals surface area (Å²) in [5.74, 6) is -0.323. The van der Waals surface area contributed by atoms with E-state index in [2.05, 4.69) is 30.7 Å². The van der Waals surface area contributed by atoms with Crippen molar-refractivity contribution in [2.24, 2.45) is 5.73 Å². The summed E-state index contributed by atoms with van der Waals surface area (Å²) in [6.07, 6.45) is 4.06. The summed E-state index contributed by atoms with van der Waals surface area (Å²) in [5, 5.41) is 4.85. The summed E-state index contributed by atoms with van der Waals surface area (Å²) in [6.45, 7) is 0.382. The number of halogens is 2. The summed E-state index contributed by atoms with van der Waals surface area (Å²) in [6, 6.07) is 4.09. The van der Waals surface area contributed by atoms with Crippen molar-refractivity contribution in [3.63, 3.8) is 0 Å². The predicted octanol–water partition coefficient (Wildman–Crippen LogP) is -8.75. The quantitative estimate of drug-likeness (QED) is 0.146. The van der Waals surface area contributed by atoms with Crippen LogP contribution in [0, 0.1) is 0 Å². The first kappa shape index (κ1) is 26.0. The van der Waals surface area contributed by atoms with Gasteiger partial charge in [-0.3, -0.25) is 20.8 Å². The second-order valence-electron chi connectivity index (χ2n) is 5.28. The number of hydrogen-bond donors (Lipinski definition) is 5. The van der Waals surface area contributed by atoms with Crippen LogP contribution in [0.25, 0.3) is 0 Å². The van der Waals surface area contributed by atoms with E-state index in [4.69, 9.17) is 5.73 Å². The van der Waals surface area contributed by atoms with E-state index >= 15 is 0 Å². The van der Waals surface area contributed by atoms with Crippen molar-refractivity contribution in [3.8, 4) is 0 Å². The molecular weight excluding hydrogens is 449 g/mol. The van der Waals surface area contributed by atoms with Gasteiger partial charge in [-0.25, -0.2) is 9.97 Å². The SMILES string of the molecule is NC(NS(=O)(=O)c1ccccn1)=[NH+]CCC[C@H]([NH3+])C(=O)Nc1nccs1.[Cl-].[Cl-]. The van der Waals surface area contributed by atoms with Gasteiger partial charge in [-0.05, 0) is 18.6 Å². The summed E-state index contributed by atoms with van der Waals surface area (Å²) >= 11 is 1.33. The zero-order chi connectivity index (χ0) is 19.0. The minimum Gasteiger partial charge on any atom is -1.00 e. The lowest BCUT2D eigenvalue weighted by molar-refractivity contribution is -0.464. The van der Waals surface area contributed by atoms with Gasteiger partial charge in [0.25, 0.3) is 5.91 Å². The number of carbonyl (C=O) groups excluding carboxylic acids is 1. The molecule has 0 saturated heterocycles. The second-order valence-corrected chi connectivity index (χ2v) is 7.80. The number of aromatic nitrogens is 2. The molecule has 28 heavy (non-hydrogen) atoms. The van der Waals surface area contributed by atoms with Gasteiger partial charge < -0.3 is 30.5 Å². The highest BCUT2D eigenvalue weighted by Gasteiger charge is 2.21. The zero-order valence-corrected chi connectivity index (χ0v) is 17.8. The average molecular weight is 470 g/mol. The van der Waals surface area contributed by atoms with Crippen molar-refractivity contribution in [3.05, 3.63) is 36.0 Å². The number of guanidine groups is 1. The third kappa shape index (κ3) is 8.35. The van der Waals surface area contributed by atoms with E-state index in [1.165, 1.54) is 23.6 Å². The van der Waals surface area contributed by atoms with Crippen LogP contribution in [0.4, 0.5) is 5.13 Å². The first-order valence-electron chi connectivity index (χ1n) is 7.72. The first-order valence-corrected chi connectivity index (χ1v) is 10.1. The van der Waals surface area contributed by atoms with Crippen LogP contribution in [0.2, 0.25) is 0 Å². The smallest absolute Gasteiger partial charge is 0.356 e. The maximum Gasteiger partial charge on any atom is 0.356 e. The van der Waals surface area contributed by atoms with Crippen molar-refractivity contribution in [2.75, 3.05) is 11.9 Å². The van der Waals surface area contributed by atoms with Crippen LogP contribution in [-0.4, -0.2) is 42.8 Å². The van der Waals surface area contributed by atoms with Crippen molar-refractivity contribution >= 4 is 38.4 Å². The van der Waals surface area contributed by atoms with Gasteiger partial charge in [-0.2, -0.15) is 13.1 Å². The second kappa shape index (κ2) is 12.5. The van der Waals surface area contributed by atoms with Gasteiger partial charge in [0.2, 0.25) is 0 Å². The molecule has 2 rings (SSSR count). The first-order chi connectivity index (χ1) is 12.4. The molecule has 1 atom stereocenters. The predicted molar refractivity (Wildman–Crippen MR) is 96.2 cm³/mol. The Morgan fingerprint density at radius 3 is 2.64 bits per heavy atom. The molecule has 0 saturated carbocycles. The molecule has 8 N–H and O–H groups in total. The molecule has 2 aromatic heterocycles. The summed E-state index contributed by atoms with van der Waals surface area (Å²) in [7, 11) is -3.82. The lowest BCUT2D eigenvalue weighted by Crippen LogP contribution is -3.00. The van der Waals surface area contributed by atoms with Crippen molar-refractivity contribution in [2.45, 2.75) is 23.9 Å². The number of carbonyl (C=O) groups is 1.